The summed E-state index contributed by atoms with van der Waals surface area (Å²) in [6.07, 6.45) is 1.41. The molecule has 2 aromatic carbocycles. The van der Waals surface area contributed by atoms with Crippen LogP contribution >= 0.6 is 19.7 Å². The lowest BCUT2D eigenvalue weighted by Crippen LogP contribution is -2.05. The first-order valence-corrected chi connectivity index (χ1v) is 8.70. The molecule has 3 rings (SSSR count). The zero-order valence-corrected chi connectivity index (χ0v) is 12.0. The fourth-order valence-corrected chi connectivity index (χ4v) is 2.96. The Morgan fingerprint density at radius 1 is 0.952 bits per heavy atom. The van der Waals surface area contributed by atoms with Gasteiger partial charge in [-0.15, -0.1) is 15.5 Å². The van der Waals surface area contributed by atoms with Crippen LogP contribution in [0.15, 0.2) is 59.6 Å². The van der Waals surface area contributed by atoms with E-state index in [-0.39, 0.29) is 5.52 Å². The quantitative estimate of drug-likeness (QED) is 0.528. The van der Waals surface area contributed by atoms with Gasteiger partial charge in [-0.1, -0.05) is 18.2 Å². The van der Waals surface area contributed by atoms with Gasteiger partial charge in [-0.3, -0.25) is 0 Å². The monoisotopic (exact) mass is 336 g/mol. The largest absolute Gasteiger partial charge is 0.253 e. The van der Waals surface area contributed by atoms with E-state index in [0.717, 1.165) is 6.07 Å². The number of halogens is 5. The maximum atomic E-state index is 13.3. The Bertz CT molecular complexity index is 828. The Labute approximate surface area is 121 Å². The van der Waals surface area contributed by atoms with Crippen LogP contribution in [0.4, 0.5) is 15.5 Å². The zero-order chi connectivity index (χ0) is 15.4. The topological polar surface area (TPSA) is 17.8 Å². The number of fused-ring (bicyclic) bond motifs is 1. The number of hydrogen-bond acceptors (Lipinski definition) is 1. The van der Waals surface area contributed by atoms with Crippen molar-refractivity contribution < 1.29 is 15.5 Å². The maximum Gasteiger partial charge on any atom is 0.253 e. The highest BCUT2D eigenvalue weighted by atomic mass is 35.7. The molecule has 0 aliphatic heterocycles. The number of hydrogen-bond donors (Lipinski definition) is 0. The Hall–Kier alpha value is -1.73. The van der Waals surface area contributed by atoms with E-state index < -0.39 is 13.9 Å². The average Bonchev–Trinajstić information content (AvgIpc) is 2.80. The Morgan fingerprint density at radius 3 is 2.24 bits per heavy atom. The van der Waals surface area contributed by atoms with Crippen LogP contribution in [0.2, 0.25) is 0 Å². The predicted octanol–water partition coefficient (Wildman–Crippen LogP) is 5.95. The minimum Gasteiger partial charge on any atom is -0.233 e. The van der Waals surface area contributed by atoms with Crippen molar-refractivity contribution in [2.75, 3.05) is 0 Å². The second-order valence-electron chi connectivity index (χ2n) is 4.58. The normalized spacial score (nSPS) is 15.7. The molecule has 0 saturated carbocycles. The highest BCUT2D eigenvalue weighted by molar-refractivity contribution is 8.65. The van der Waals surface area contributed by atoms with Gasteiger partial charge in [0.25, 0.3) is 9.05 Å². The average molecular weight is 337 g/mol. The SMILES string of the molecule is FS(F)(F)(F)(Cl)c1ccc2cnn(-c3ccccc3)c2c1. The van der Waals surface area contributed by atoms with E-state index in [2.05, 4.69) is 15.8 Å². The summed E-state index contributed by atoms with van der Waals surface area (Å²) in [5.74, 6) is 0. The van der Waals surface area contributed by atoms with Gasteiger partial charge < -0.3 is 0 Å². The zero-order valence-electron chi connectivity index (χ0n) is 10.4. The number of benzene rings is 2. The molecule has 1 heterocycles. The fraction of sp³-hybridized carbons (Fsp3) is 0. The lowest BCUT2D eigenvalue weighted by Gasteiger charge is -2.42. The van der Waals surface area contributed by atoms with Crippen molar-refractivity contribution in [2.24, 2.45) is 0 Å². The molecule has 0 saturated heterocycles. The highest BCUT2D eigenvalue weighted by Gasteiger charge is 2.63. The standard InChI is InChI=1S/C13H9ClF4N2S/c14-21(15,16,17,18)12-7-6-10-9-19-20(13(10)8-12)11-4-2-1-3-5-11/h1-9H. The van der Waals surface area contributed by atoms with Crippen LogP contribution in [-0.4, -0.2) is 9.78 Å². The summed E-state index contributed by atoms with van der Waals surface area (Å²) < 4.78 is 54.6. The van der Waals surface area contributed by atoms with Crippen molar-refractivity contribution in [3.05, 3.63) is 54.7 Å². The second-order valence-corrected chi connectivity index (χ2v) is 8.85. The summed E-state index contributed by atoms with van der Waals surface area (Å²) in [7, 11) is -4.37. The maximum absolute atomic E-state index is 13.3. The van der Waals surface area contributed by atoms with Crippen molar-refractivity contribution >= 4 is 30.6 Å². The van der Waals surface area contributed by atoms with E-state index >= 15 is 0 Å². The molecule has 2 nitrogen and oxygen atoms in total. The van der Waals surface area contributed by atoms with Crippen molar-refractivity contribution in [3.63, 3.8) is 0 Å². The summed E-state index contributed by atoms with van der Waals surface area (Å²) in [6.45, 7) is 0. The van der Waals surface area contributed by atoms with Crippen molar-refractivity contribution in [2.45, 2.75) is 4.90 Å². The van der Waals surface area contributed by atoms with Crippen LogP contribution in [0.25, 0.3) is 16.6 Å². The van der Waals surface area contributed by atoms with Crippen LogP contribution in [-0.2, 0) is 0 Å². The minimum absolute atomic E-state index is 0.134. The Kier molecular flexibility index (Phi) is 2.52. The van der Waals surface area contributed by atoms with Crippen molar-refractivity contribution in [1.29, 1.82) is 0 Å². The Balaban J connectivity index is 2.28. The van der Waals surface area contributed by atoms with E-state index in [1.165, 1.54) is 10.9 Å². The summed E-state index contributed by atoms with van der Waals surface area (Å²) in [6, 6.07) is 11.1. The second kappa shape index (κ2) is 3.72. The molecule has 0 fully saturated rings. The third kappa shape index (κ3) is 2.71. The molecule has 0 aliphatic carbocycles. The molecule has 0 spiro atoms. The molecular formula is C13H9ClF4N2S. The van der Waals surface area contributed by atoms with Gasteiger partial charge in [0.05, 0.1) is 22.3 Å². The van der Waals surface area contributed by atoms with E-state index in [1.54, 1.807) is 30.3 Å². The Morgan fingerprint density at radius 2 is 1.62 bits per heavy atom. The van der Waals surface area contributed by atoms with Gasteiger partial charge in [-0.25, -0.2) is 4.68 Å². The van der Waals surface area contributed by atoms with Crippen LogP contribution in [0, 0.1) is 0 Å². The molecule has 0 bridgehead atoms. The first kappa shape index (κ1) is 14.2. The molecule has 0 atom stereocenters. The highest BCUT2D eigenvalue weighted by Crippen LogP contribution is 3.04. The molecule has 0 radical (unpaired) electrons. The summed E-state index contributed by atoms with van der Waals surface area (Å²) in [4.78, 5) is -1.48. The van der Waals surface area contributed by atoms with Gasteiger partial charge >= 0.3 is 0 Å². The molecule has 1 aromatic heterocycles. The molecule has 0 amide bonds. The predicted molar refractivity (Wildman–Crippen MR) is 77.2 cm³/mol. The molecule has 0 N–H and O–H groups in total. The van der Waals surface area contributed by atoms with Crippen molar-refractivity contribution in [1.82, 2.24) is 9.78 Å². The lowest BCUT2D eigenvalue weighted by atomic mass is 10.2. The lowest BCUT2D eigenvalue weighted by molar-refractivity contribution is 0.480. The smallest absolute Gasteiger partial charge is 0.233 e. The molecule has 112 valence electrons. The molecular weight excluding hydrogens is 328 g/mol. The third-order valence-corrected chi connectivity index (χ3v) is 4.67. The molecule has 0 aliphatic rings. The summed E-state index contributed by atoms with van der Waals surface area (Å²) >= 11 is 0. The molecule has 21 heavy (non-hydrogen) atoms. The molecule has 0 unspecified atom stereocenters. The van der Waals surface area contributed by atoms with E-state index in [9.17, 15) is 15.5 Å². The van der Waals surface area contributed by atoms with Gasteiger partial charge in [0.2, 0.25) is 0 Å². The van der Waals surface area contributed by atoms with Gasteiger partial charge in [0.15, 0.2) is 0 Å². The molecule has 8 heteroatoms. The summed E-state index contributed by atoms with van der Waals surface area (Å²) in [5, 5.41) is 4.49. The minimum atomic E-state index is -8.73. The van der Waals surface area contributed by atoms with Crippen LogP contribution < -0.4 is 0 Å². The molecule has 3 aromatic rings. The first-order chi connectivity index (χ1) is 9.54. The van der Waals surface area contributed by atoms with Gasteiger partial charge in [0, 0.05) is 16.1 Å². The van der Waals surface area contributed by atoms with Crippen LogP contribution in [0.5, 0.6) is 0 Å². The third-order valence-electron chi connectivity index (χ3n) is 2.99. The van der Waals surface area contributed by atoms with E-state index in [0.29, 0.717) is 23.2 Å². The van der Waals surface area contributed by atoms with E-state index in [1.807, 2.05) is 0 Å². The van der Waals surface area contributed by atoms with Crippen LogP contribution in [0.3, 0.4) is 0 Å². The number of nitrogens with zero attached hydrogens (tertiary/aromatic N) is 2. The van der Waals surface area contributed by atoms with E-state index in [4.69, 9.17) is 0 Å². The number of aromatic nitrogens is 2. The van der Waals surface area contributed by atoms with Crippen molar-refractivity contribution in [3.8, 4) is 5.69 Å². The number of para-hydroxylation sites is 1. The van der Waals surface area contributed by atoms with Gasteiger partial charge in [-0.2, -0.15) is 5.10 Å². The number of rotatable bonds is 2. The van der Waals surface area contributed by atoms with Gasteiger partial charge in [-0.05, 0) is 30.3 Å². The first-order valence-electron chi connectivity index (χ1n) is 5.82. The van der Waals surface area contributed by atoms with Gasteiger partial charge in [0.1, 0.15) is 0 Å². The van der Waals surface area contributed by atoms with Crippen LogP contribution in [0.1, 0.15) is 0 Å². The summed E-state index contributed by atoms with van der Waals surface area (Å²) in [5.41, 5.74) is 0.706. The fourth-order valence-electron chi connectivity index (χ4n) is 2.01.